The molecule has 7 nitrogen and oxygen atoms in total. The Morgan fingerprint density at radius 2 is 1.59 bits per heavy atom. The van der Waals surface area contributed by atoms with Gasteiger partial charge in [-0.15, -0.1) is 0 Å². The smallest absolute Gasteiger partial charge is 0.264 e. The summed E-state index contributed by atoms with van der Waals surface area (Å²) >= 11 is 0. The standard InChI is InChI=1S/C24H26N2O5S/c1-17-5-12-21(13-6-17)32(28,29)26(2)19-9-7-18(8-10-19)15-24(27)25-22-14-11-20(30-3)16-23(22)31-4/h5-14,16H,15H2,1-4H3,(H,25,27). The van der Waals surface area contributed by atoms with Crippen molar-refractivity contribution >= 4 is 27.3 Å². The number of hydrogen-bond donors (Lipinski definition) is 1. The molecule has 3 rings (SSSR count). The molecular weight excluding hydrogens is 428 g/mol. The van der Waals surface area contributed by atoms with Gasteiger partial charge >= 0.3 is 0 Å². The van der Waals surface area contributed by atoms with E-state index in [4.69, 9.17) is 9.47 Å². The van der Waals surface area contributed by atoms with Gasteiger partial charge in [-0.25, -0.2) is 8.42 Å². The first-order valence-electron chi connectivity index (χ1n) is 9.91. The number of methoxy groups -OCH3 is 2. The number of carbonyl (C=O) groups excluding carboxylic acids is 1. The van der Waals surface area contributed by atoms with Gasteiger partial charge in [-0.1, -0.05) is 29.8 Å². The quantitative estimate of drug-likeness (QED) is 0.556. The normalized spacial score (nSPS) is 11.0. The number of hydrogen-bond acceptors (Lipinski definition) is 5. The van der Waals surface area contributed by atoms with E-state index in [9.17, 15) is 13.2 Å². The second-order valence-electron chi connectivity index (χ2n) is 7.24. The van der Waals surface area contributed by atoms with Crippen molar-refractivity contribution < 1.29 is 22.7 Å². The zero-order valence-electron chi connectivity index (χ0n) is 18.5. The van der Waals surface area contributed by atoms with Crippen LogP contribution >= 0.6 is 0 Å². The fraction of sp³-hybridized carbons (Fsp3) is 0.208. The molecular formula is C24H26N2O5S. The van der Waals surface area contributed by atoms with E-state index in [1.54, 1.807) is 73.8 Å². The SMILES string of the molecule is COc1ccc(NC(=O)Cc2ccc(N(C)S(=O)(=O)c3ccc(C)cc3)cc2)c(OC)c1. The molecule has 0 unspecified atom stereocenters. The number of benzene rings is 3. The fourth-order valence-electron chi connectivity index (χ4n) is 3.11. The number of anilines is 2. The molecule has 0 aromatic heterocycles. The predicted molar refractivity (Wildman–Crippen MR) is 125 cm³/mol. The number of aryl methyl sites for hydroxylation is 1. The first-order chi connectivity index (χ1) is 15.2. The van der Waals surface area contributed by atoms with Crippen LogP contribution in [0, 0.1) is 6.92 Å². The summed E-state index contributed by atoms with van der Waals surface area (Å²) in [5.41, 5.74) is 2.78. The molecule has 0 atom stereocenters. The monoisotopic (exact) mass is 454 g/mol. The van der Waals surface area contributed by atoms with Crippen LogP contribution in [0.15, 0.2) is 71.6 Å². The molecule has 0 fully saturated rings. The largest absolute Gasteiger partial charge is 0.497 e. The van der Waals surface area contributed by atoms with Gasteiger partial charge in [0.05, 0.1) is 36.9 Å². The minimum Gasteiger partial charge on any atom is -0.497 e. The van der Waals surface area contributed by atoms with Gasteiger partial charge in [0, 0.05) is 13.1 Å². The van der Waals surface area contributed by atoms with Crippen molar-refractivity contribution in [2.75, 3.05) is 30.9 Å². The number of nitrogens with zero attached hydrogens (tertiary/aromatic N) is 1. The Labute approximate surface area is 188 Å². The second-order valence-corrected chi connectivity index (χ2v) is 9.21. The summed E-state index contributed by atoms with van der Waals surface area (Å²) in [6.45, 7) is 1.90. The predicted octanol–water partition coefficient (Wildman–Crippen LogP) is 4.02. The lowest BCUT2D eigenvalue weighted by molar-refractivity contribution is -0.115. The summed E-state index contributed by atoms with van der Waals surface area (Å²) in [7, 11) is 0.912. The molecule has 0 aliphatic heterocycles. The first-order valence-corrected chi connectivity index (χ1v) is 11.3. The van der Waals surface area contributed by atoms with E-state index in [0.29, 0.717) is 22.9 Å². The van der Waals surface area contributed by atoms with E-state index >= 15 is 0 Å². The van der Waals surface area contributed by atoms with Crippen LogP contribution in [0.4, 0.5) is 11.4 Å². The van der Waals surface area contributed by atoms with E-state index in [-0.39, 0.29) is 17.2 Å². The minimum atomic E-state index is -3.67. The fourth-order valence-corrected chi connectivity index (χ4v) is 4.31. The number of nitrogens with one attached hydrogen (secondary N) is 1. The number of rotatable bonds is 8. The highest BCUT2D eigenvalue weighted by Crippen LogP contribution is 2.29. The van der Waals surface area contributed by atoms with Crippen LogP contribution in [0.25, 0.3) is 0 Å². The first kappa shape index (κ1) is 23.1. The highest BCUT2D eigenvalue weighted by Gasteiger charge is 2.21. The molecule has 3 aromatic carbocycles. The second kappa shape index (κ2) is 9.74. The average molecular weight is 455 g/mol. The van der Waals surface area contributed by atoms with E-state index in [0.717, 1.165) is 11.1 Å². The van der Waals surface area contributed by atoms with Crippen LogP contribution in [-0.4, -0.2) is 35.6 Å². The van der Waals surface area contributed by atoms with Gasteiger partial charge in [-0.2, -0.15) is 0 Å². The van der Waals surface area contributed by atoms with Crippen molar-refractivity contribution in [1.29, 1.82) is 0 Å². The summed E-state index contributed by atoms with van der Waals surface area (Å²) in [5, 5.41) is 2.82. The van der Waals surface area contributed by atoms with Gasteiger partial charge in [0.2, 0.25) is 5.91 Å². The third kappa shape index (κ3) is 5.20. The average Bonchev–Trinajstić information content (AvgIpc) is 2.79. The van der Waals surface area contributed by atoms with Gasteiger partial charge in [-0.3, -0.25) is 9.10 Å². The van der Waals surface area contributed by atoms with Crippen molar-refractivity contribution in [2.24, 2.45) is 0 Å². The third-order valence-corrected chi connectivity index (χ3v) is 6.83. The van der Waals surface area contributed by atoms with Gasteiger partial charge in [0.25, 0.3) is 10.0 Å². The van der Waals surface area contributed by atoms with Crippen molar-refractivity contribution in [1.82, 2.24) is 0 Å². The van der Waals surface area contributed by atoms with Crippen molar-refractivity contribution in [2.45, 2.75) is 18.2 Å². The molecule has 0 saturated heterocycles. The number of carbonyl (C=O) groups is 1. The summed E-state index contributed by atoms with van der Waals surface area (Å²) in [6, 6.07) is 18.7. The van der Waals surface area contributed by atoms with E-state index in [2.05, 4.69) is 5.32 Å². The molecule has 8 heteroatoms. The molecule has 168 valence electrons. The Kier molecular flexibility index (Phi) is 7.05. The van der Waals surface area contributed by atoms with E-state index in [1.165, 1.54) is 18.5 Å². The Morgan fingerprint density at radius 3 is 2.19 bits per heavy atom. The molecule has 0 aliphatic rings. The van der Waals surface area contributed by atoms with E-state index < -0.39 is 10.0 Å². The molecule has 0 radical (unpaired) electrons. The maximum Gasteiger partial charge on any atom is 0.264 e. The maximum atomic E-state index is 12.9. The van der Waals surface area contributed by atoms with Crippen LogP contribution in [0.5, 0.6) is 11.5 Å². The van der Waals surface area contributed by atoms with E-state index in [1.807, 2.05) is 6.92 Å². The number of amides is 1. The van der Waals surface area contributed by atoms with Crippen LogP contribution in [-0.2, 0) is 21.2 Å². The van der Waals surface area contributed by atoms with Crippen LogP contribution in [0.2, 0.25) is 0 Å². The molecule has 3 aromatic rings. The zero-order valence-corrected chi connectivity index (χ0v) is 19.3. The van der Waals surface area contributed by atoms with Gasteiger partial charge in [-0.05, 0) is 48.9 Å². The molecule has 0 heterocycles. The molecule has 1 amide bonds. The van der Waals surface area contributed by atoms with Gasteiger partial charge in [0.15, 0.2) is 0 Å². The van der Waals surface area contributed by atoms with Crippen LogP contribution in [0.3, 0.4) is 0 Å². The molecule has 0 bridgehead atoms. The Hall–Kier alpha value is -3.52. The number of ether oxygens (including phenoxy) is 2. The third-order valence-electron chi connectivity index (χ3n) is 5.03. The van der Waals surface area contributed by atoms with Crippen molar-refractivity contribution in [3.05, 3.63) is 77.9 Å². The highest BCUT2D eigenvalue weighted by molar-refractivity contribution is 7.92. The molecule has 0 aliphatic carbocycles. The van der Waals surface area contributed by atoms with Crippen LogP contribution in [0.1, 0.15) is 11.1 Å². The molecule has 32 heavy (non-hydrogen) atoms. The topological polar surface area (TPSA) is 84.9 Å². The van der Waals surface area contributed by atoms with Gasteiger partial charge < -0.3 is 14.8 Å². The summed E-state index contributed by atoms with van der Waals surface area (Å²) in [6.07, 6.45) is 0.129. The summed E-state index contributed by atoms with van der Waals surface area (Å²) < 4.78 is 37.4. The molecule has 0 spiro atoms. The lowest BCUT2D eigenvalue weighted by atomic mass is 10.1. The molecule has 1 N–H and O–H groups in total. The number of sulfonamides is 1. The summed E-state index contributed by atoms with van der Waals surface area (Å²) in [4.78, 5) is 12.7. The minimum absolute atomic E-state index is 0.129. The molecule has 0 saturated carbocycles. The maximum absolute atomic E-state index is 12.9. The zero-order chi connectivity index (χ0) is 23.3. The van der Waals surface area contributed by atoms with Crippen molar-refractivity contribution in [3.63, 3.8) is 0 Å². The lowest BCUT2D eigenvalue weighted by Gasteiger charge is -2.20. The Balaban J connectivity index is 1.69. The highest BCUT2D eigenvalue weighted by atomic mass is 32.2. The Bertz CT molecular complexity index is 1190. The summed E-state index contributed by atoms with van der Waals surface area (Å²) in [5.74, 6) is 0.901. The van der Waals surface area contributed by atoms with Gasteiger partial charge in [0.1, 0.15) is 11.5 Å². The Morgan fingerprint density at radius 1 is 0.938 bits per heavy atom. The van der Waals surface area contributed by atoms with Crippen molar-refractivity contribution in [3.8, 4) is 11.5 Å². The van der Waals surface area contributed by atoms with Crippen LogP contribution < -0.4 is 19.1 Å². The lowest BCUT2D eigenvalue weighted by Crippen LogP contribution is -2.26.